The van der Waals surface area contributed by atoms with E-state index in [2.05, 4.69) is 81.6 Å². The van der Waals surface area contributed by atoms with Gasteiger partial charge in [0, 0.05) is 21.4 Å². The lowest BCUT2D eigenvalue weighted by Crippen LogP contribution is -2.40. The molecular formula is C24H38I2O4. The van der Waals surface area contributed by atoms with E-state index in [1.54, 1.807) is 7.11 Å². The minimum Gasteiger partial charge on any atom is -0.412 e. The monoisotopic (exact) mass is 644 g/mol. The van der Waals surface area contributed by atoms with Gasteiger partial charge in [-0.15, -0.1) is 0 Å². The predicted molar refractivity (Wildman–Crippen MR) is 144 cm³/mol. The summed E-state index contributed by atoms with van der Waals surface area (Å²) in [7, 11) is 2.78. The SMILES string of the molecule is CC.CC.CO.COC1(c2ccc(I)cc2)CCC(O)(c2ccc(I)cc2)CC1.O. The number of rotatable bonds is 3. The molecule has 0 aromatic heterocycles. The second kappa shape index (κ2) is 16.4. The Bertz CT molecular complexity index is 665. The quantitative estimate of drug-likeness (QED) is 0.401. The number of aliphatic hydroxyl groups is 2. The minimum absolute atomic E-state index is 0. The van der Waals surface area contributed by atoms with Gasteiger partial charge >= 0.3 is 0 Å². The van der Waals surface area contributed by atoms with E-state index in [9.17, 15) is 5.11 Å². The number of halogens is 2. The fraction of sp³-hybridized carbons (Fsp3) is 0.500. The average Bonchev–Trinajstić information content (AvgIpc) is 2.80. The van der Waals surface area contributed by atoms with Crippen LogP contribution >= 0.6 is 45.2 Å². The van der Waals surface area contributed by atoms with Crippen LogP contribution in [0.3, 0.4) is 0 Å². The van der Waals surface area contributed by atoms with Gasteiger partial charge in [-0.25, -0.2) is 0 Å². The van der Waals surface area contributed by atoms with E-state index in [0.717, 1.165) is 25.5 Å². The van der Waals surface area contributed by atoms with Gasteiger partial charge in [0.15, 0.2) is 0 Å². The molecule has 0 radical (unpaired) electrons. The normalized spacial score (nSPS) is 21.9. The first-order valence-electron chi connectivity index (χ1n) is 10.2. The van der Waals surface area contributed by atoms with E-state index in [4.69, 9.17) is 9.84 Å². The maximum Gasteiger partial charge on any atom is 0.0929 e. The number of aliphatic hydroxyl groups excluding tert-OH is 1. The summed E-state index contributed by atoms with van der Waals surface area (Å²) in [5, 5.41) is 18.1. The van der Waals surface area contributed by atoms with Crippen molar-refractivity contribution in [3.63, 3.8) is 0 Å². The van der Waals surface area contributed by atoms with Crippen molar-refractivity contribution in [1.29, 1.82) is 0 Å². The molecule has 3 rings (SSSR count). The highest BCUT2D eigenvalue weighted by atomic mass is 127. The van der Waals surface area contributed by atoms with E-state index < -0.39 is 5.60 Å². The van der Waals surface area contributed by atoms with E-state index in [1.165, 1.54) is 12.7 Å². The highest BCUT2D eigenvalue weighted by Crippen LogP contribution is 2.47. The fourth-order valence-electron chi connectivity index (χ4n) is 3.48. The van der Waals surface area contributed by atoms with Crippen LogP contribution in [0, 0.1) is 7.14 Å². The molecule has 2 aromatic rings. The Morgan fingerprint density at radius 2 is 1.03 bits per heavy atom. The fourth-order valence-corrected chi connectivity index (χ4v) is 4.20. The smallest absolute Gasteiger partial charge is 0.0929 e. The summed E-state index contributed by atoms with van der Waals surface area (Å²) in [6.07, 6.45) is 3.08. The Labute approximate surface area is 210 Å². The van der Waals surface area contributed by atoms with Gasteiger partial charge < -0.3 is 20.4 Å². The molecule has 1 fully saturated rings. The van der Waals surface area contributed by atoms with Gasteiger partial charge in [-0.2, -0.15) is 0 Å². The zero-order valence-corrected chi connectivity index (χ0v) is 23.3. The van der Waals surface area contributed by atoms with Gasteiger partial charge in [0.2, 0.25) is 0 Å². The molecule has 1 aliphatic rings. The van der Waals surface area contributed by atoms with Gasteiger partial charge in [-0.05, 0) is 106 Å². The summed E-state index contributed by atoms with van der Waals surface area (Å²) in [6.45, 7) is 8.00. The van der Waals surface area contributed by atoms with Crippen LogP contribution in [0.5, 0.6) is 0 Å². The van der Waals surface area contributed by atoms with Crippen molar-refractivity contribution >= 4 is 45.2 Å². The molecular weight excluding hydrogens is 606 g/mol. The Kier molecular flexibility index (Phi) is 17.4. The highest BCUT2D eigenvalue weighted by Gasteiger charge is 2.43. The molecule has 0 amide bonds. The van der Waals surface area contributed by atoms with Gasteiger partial charge in [0.1, 0.15) is 0 Å². The summed E-state index contributed by atoms with van der Waals surface area (Å²) in [5.74, 6) is 0. The maximum atomic E-state index is 11.1. The van der Waals surface area contributed by atoms with Crippen LogP contribution in [0.1, 0.15) is 64.5 Å². The second-order valence-electron chi connectivity index (χ2n) is 6.24. The number of hydrogen-bond acceptors (Lipinski definition) is 3. The van der Waals surface area contributed by atoms with Gasteiger partial charge in [-0.1, -0.05) is 52.0 Å². The number of methoxy groups -OCH3 is 1. The zero-order chi connectivity index (χ0) is 22.5. The Morgan fingerprint density at radius 1 is 0.700 bits per heavy atom. The maximum absolute atomic E-state index is 11.1. The van der Waals surface area contributed by atoms with Gasteiger partial charge in [0.05, 0.1) is 11.2 Å². The summed E-state index contributed by atoms with van der Waals surface area (Å²) in [6, 6.07) is 16.8. The lowest BCUT2D eigenvalue weighted by molar-refractivity contribution is -0.108. The van der Waals surface area contributed by atoms with Crippen molar-refractivity contribution < 1.29 is 20.4 Å². The van der Waals surface area contributed by atoms with Crippen molar-refractivity contribution in [3.05, 3.63) is 66.8 Å². The van der Waals surface area contributed by atoms with Crippen LogP contribution in [-0.4, -0.2) is 29.9 Å². The molecule has 0 unspecified atom stereocenters. The van der Waals surface area contributed by atoms with Crippen LogP contribution in [-0.2, 0) is 15.9 Å². The molecule has 0 spiro atoms. The largest absolute Gasteiger partial charge is 0.412 e. The van der Waals surface area contributed by atoms with Crippen molar-refractivity contribution in [3.8, 4) is 0 Å². The number of ether oxygens (including phenoxy) is 1. The molecule has 4 nitrogen and oxygen atoms in total. The molecule has 0 heterocycles. The van der Waals surface area contributed by atoms with Crippen LogP contribution in [0.4, 0.5) is 0 Å². The predicted octanol–water partition coefficient (Wildman–Crippen LogP) is 6.04. The topological polar surface area (TPSA) is 81.2 Å². The molecule has 1 saturated carbocycles. The van der Waals surface area contributed by atoms with Crippen LogP contribution in [0.15, 0.2) is 48.5 Å². The first kappa shape index (κ1) is 31.9. The molecule has 0 bridgehead atoms. The van der Waals surface area contributed by atoms with E-state index >= 15 is 0 Å². The summed E-state index contributed by atoms with van der Waals surface area (Å²) in [4.78, 5) is 0. The van der Waals surface area contributed by atoms with Crippen molar-refractivity contribution in [2.45, 2.75) is 64.6 Å². The molecule has 2 aromatic carbocycles. The van der Waals surface area contributed by atoms with Crippen LogP contribution < -0.4 is 0 Å². The van der Waals surface area contributed by atoms with Crippen molar-refractivity contribution in [1.82, 2.24) is 0 Å². The Morgan fingerprint density at radius 3 is 1.37 bits per heavy atom. The number of hydrogen-bond donors (Lipinski definition) is 2. The van der Waals surface area contributed by atoms with Crippen LogP contribution in [0.2, 0.25) is 0 Å². The Hall–Kier alpha value is -0.260. The molecule has 30 heavy (non-hydrogen) atoms. The molecule has 4 N–H and O–H groups in total. The zero-order valence-electron chi connectivity index (χ0n) is 19.0. The second-order valence-corrected chi connectivity index (χ2v) is 8.74. The van der Waals surface area contributed by atoms with E-state index in [-0.39, 0.29) is 11.1 Å². The number of benzene rings is 2. The summed E-state index contributed by atoms with van der Waals surface area (Å²) >= 11 is 4.61. The first-order valence-corrected chi connectivity index (χ1v) is 12.4. The molecule has 0 atom stereocenters. The van der Waals surface area contributed by atoms with Gasteiger partial charge in [-0.3, -0.25) is 0 Å². The van der Waals surface area contributed by atoms with Crippen molar-refractivity contribution in [2.24, 2.45) is 0 Å². The summed E-state index contributed by atoms with van der Waals surface area (Å²) in [5.41, 5.74) is 1.21. The third kappa shape index (κ3) is 8.35. The molecule has 1 aliphatic carbocycles. The molecule has 6 heteroatoms. The van der Waals surface area contributed by atoms with E-state index in [0.29, 0.717) is 12.8 Å². The van der Waals surface area contributed by atoms with Crippen LogP contribution in [0.25, 0.3) is 0 Å². The third-order valence-electron chi connectivity index (χ3n) is 5.03. The third-order valence-corrected chi connectivity index (χ3v) is 6.47. The molecule has 172 valence electrons. The standard InChI is InChI=1S/C19H20I2O2.2C2H6.CH4O.H2O/c1-23-19(15-4-8-17(21)9-5-15)12-10-18(22,11-13-19)14-2-6-16(20)7-3-14;3*1-2;/h2-9,22H,10-13H2,1H3;2*1-2H3;2H,1H3;1H2. The minimum atomic E-state index is -0.741. The first-order chi connectivity index (χ1) is 14.0. The molecule has 0 saturated heterocycles. The highest BCUT2D eigenvalue weighted by molar-refractivity contribution is 14.1. The lowest BCUT2D eigenvalue weighted by atomic mass is 9.70. The van der Waals surface area contributed by atoms with E-state index in [1.807, 2.05) is 39.8 Å². The van der Waals surface area contributed by atoms with Crippen molar-refractivity contribution in [2.75, 3.05) is 14.2 Å². The Balaban J connectivity index is 0. The molecule has 0 aliphatic heterocycles. The average molecular weight is 644 g/mol. The lowest BCUT2D eigenvalue weighted by Gasteiger charge is -2.44. The summed E-state index contributed by atoms with van der Waals surface area (Å²) < 4.78 is 8.35. The van der Waals surface area contributed by atoms with Gasteiger partial charge in [0.25, 0.3) is 0 Å².